The Morgan fingerprint density at radius 2 is 2.15 bits per heavy atom. The van der Waals surface area contributed by atoms with Gasteiger partial charge in [0.2, 0.25) is 5.91 Å². The van der Waals surface area contributed by atoms with Crippen LogP contribution in [0.15, 0.2) is 29.8 Å². The molecule has 0 saturated heterocycles. The second kappa shape index (κ2) is 8.23. The lowest BCUT2D eigenvalue weighted by atomic mass is 10.1. The van der Waals surface area contributed by atoms with E-state index in [4.69, 9.17) is 9.47 Å². The van der Waals surface area contributed by atoms with E-state index in [1.54, 1.807) is 14.2 Å². The molecule has 1 N–H and O–H groups in total. The largest absolute Gasteiger partial charge is 0.497 e. The van der Waals surface area contributed by atoms with E-state index in [0.717, 1.165) is 52.8 Å². The quantitative estimate of drug-likeness (QED) is 0.614. The number of benzene rings is 1. The number of nitrogens with zero attached hydrogens (tertiary/aromatic N) is 2. The average molecular weight is 373 g/mol. The molecule has 138 valence electrons. The minimum Gasteiger partial charge on any atom is -0.497 e. The minimum absolute atomic E-state index is 0.0346. The Balaban J connectivity index is 1.87. The number of unbranched alkanes of at least 4 members (excludes halogenated alkanes) is 1. The number of fused-ring (bicyclic) bond motifs is 1. The van der Waals surface area contributed by atoms with Gasteiger partial charge in [0.25, 0.3) is 0 Å². The standard InChI is InChI=1S/C19H23N3O3S/c1-4-5-8-20-18(23)9-13-12-26-19-21-16(11-22(13)19)15-10-14(24-2)6-7-17(15)25-3/h6-7,10-12H,4-5,8-9H2,1-3H3,(H,20,23). The molecule has 3 rings (SSSR count). The number of methoxy groups -OCH3 is 2. The van der Waals surface area contributed by atoms with Crippen LogP contribution in [0.3, 0.4) is 0 Å². The summed E-state index contributed by atoms with van der Waals surface area (Å²) in [7, 11) is 3.27. The summed E-state index contributed by atoms with van der Waals surface area (Å²) in [6, 6.07) is 5.62. The van der Waals surface area contributed by atoms with Gasteiger partial charge in [-0.3, -0.25) is 9.20 Å². The molecular formula is C19H23N3O3S. The third-order valence-electron chi connectivity index (χ3n) is 4.16. The van der Waals surface area contributed by atoms with Gasteiger partial charge in [-0.1, -0.05) is 13.3 Å². The molecule has 0 saturated carbocycles. The van der Waals surface area contributed by atoms with E-state index in [1.165, 1.54) is 11.3 Å². The predicted octanol–water partition coefficient (Wildman–Crippen LogP) is 3.54. The number of thiazole rings is 1. The smallest absolute Gasteiger partial charge is 0.225 e. The Labute approximate surface area is 156 Å². The number of amides is 1. The van der Waals surface area contributed by atoms with Crippen molar-refractivity contribution in [3.8, 4) is 22.8 Å². The lowest BCUT2D eigenvalue weighted by molar-refractivity contribution is -0.120. The third kappa shape index (κ3) is 3.83. The molecule has 2 heterocycles. The van der Waals surface area contributed by atoms with Gasteiger partial charge in [0.05, 0.1) is 26.3 Å². The first kappa shape index (κ1) is 18.3. The molecule has 0 atom stereocenters. The van der Waals surface area contributed by atoms with Gasteiger partial charge < -0.3 is 14.8 Å². The number of nitrogens with one attached hydrogen (secondary N) is 1. The molecule has 0 aliphatic heterocycles. The van der Waals surface area contributed by atoms with E-state index in [9.17, 15) is 4.79 Å². The van der Waals surface area contributed by atoms with Crippen molar-refractivity contribution in [2.75, 3.05) is 20.8 Å². The van der Waals surface area contributed by atoms with Gasteiger partial charge in [0.15, 0.2) is 4.96 Å². The lowest BCUT2D eigenvalue weighted by Gasteiger charge is -2.08. The summed E-state index contributed by atoms with van der Waals surface area (Å²) in [6.07, 6.45) is 4.35. The first-order valence-corrected chi connectivity index (χ1v) is 9.48. The third-order valence-corrected chi connectivity index (χ3v) is 5.05. The Kier molecular flexibility index (Phi) is 5.78. The maximum Gasteiger partial charge on any atom is 0.225 e. The fourth-order valence-electron chi connectivity index (χ4n) is 2.73. The predicted molar refractivity (Wildman–Crippen MR) is 103 cm³/mol. The number of aromatic nitrogens is 2. The maximum atomic E-state index is 12.1. The fraction of sp³-hybridized carbons (Fsp3) is 0.368. The van der Waals surface area contributed by atoms with Crippen LogP contribution >= 0.6 is 11.3 Å². The summed E-state index contributed by atoms with van der Waals surface area (Å²) in [4.78, 5) is 17.6. The molecular weight excluding hydrogens is 350 g/mol. The van der Waals surface area contributed by atoms with Crippen molar-refractivity contribution in [1.29, 1.82) is 0 Å². The van der Waals surface area contributed by atoms with Crippen molar-refractivity contribution >= 4 is 22.2 Å². The maximum absolute atomic E-state index is 12.1. The Hall–Kier alpha value is -2.54. The van der Waals surface area contributed by atoms with Gasteiger partial charge in [-0.2, -0.15) is 0 Å². The van der Waals surface area contributed by atoms with Crippen molar-refractivity contribution in [3.63, 3.8) is 0 Å². The first-order chi connectivity index (χ1) is 12.7. The highest BCUT2D eigenvalue weighted by Crippen LogP contribution is 2.34. The van der Waals surface area contributed by atoms with Gasteiger partial charge in [-0.25, -0.2) is 4.98 Å². The van der Waals surface area contributed by atoms with E-state index in [1.807, 2.05) is 34.2 Å². The molecule has 1 aromatic carbocycles. The fourth-order valence-corrected chi connectivity index (χ4v) is 3.61. The lowest BCUT2D eigenvalue weighted by Crippen LogP contribution is -2.26. The van der Waals surface area contributed by atoms with E-state index in [2.05, 4.69) is 17.2 Å². The van der Waals surface area contributed by atoms with Crippen LogP contribution < -0.4 is 14.8 Å². The summed E-state index contributed by atoms with van der Waals surface area (Å²) in [6.45, 7) is 2.83. The zero-order valence-electron chi connectivity index (χ0n) is 15.2. The molecule has 7 heteroatoms. The highest BCUT2D eigenvalue weighted by Gasteiger charge is 2.15. The molecule has 2 aromatic heterocycles. The number of hydrogen-bond donors (Lipinski definition) is 1. The second-order valence-corrected chi connectivity index (χ2v) is 6.79. The zero-order valence-corrected chi connectivity index (χ0v) is 16.1. The van der Waals surface area contributed by atoms with Crippen LogP contribution in [0.5, 0.6) is 11.5 Å². The number of carbonyl (C=O) groups is 1. The Bertz CT molecular complexity index is 901. The van der Waals surface area contributed by atoms with Crippen LogP contribution in [-0.4, -0.2) is 36.1 Å². The summed E-state index contributed by atoms with van der Waals surface area (Å²) in [5, 5.41) is 4.93. The van der Waals surface area contributed by atoms with Gasteiger partial charge >= 0.3 is 0 Å². The van der Waals surface area contributed by atoms with Crippen LogP contribution in [0.25, 0.3) is 16.2 Å². The topological polar surface area (TPSA) is 64.9 Å². The van der Waals surface area contributed by atoms with Crippen LogP contribution in [-0.2, 0) is 11.2 Å². The van der Waals surface area contributed by atoms with E-state index in [-0.39, 0.29) is 5.91 Å². The van der Waals surface area contributed by atoms with Crippen LogP contribution in [0, 0.1) is 0 Å². The summed E-state index contributed by atoms with van der Waals surface area (Å²) < 4.78 is 12.7. The number of hydrogen-bond acceptors (Lipinski definition) is 5. The molecule has 0 spiro atoms. The van der Waals surface area contributed by atoms with Gasteiger partial charge in [-0.15, -0.1) is 11.3 Å². The summed E-state index contributed by atoms with van der Waals surface area (Å²) in [5.41, 5.74) is 2.58. The van der Waals surface area contributed by atoms with Crippen molar-refractivity contribution in [1.82, 2.24) is 14.7 Å². The first-order valence-electron chi connectivity index (χ1n) is 8.60. The molecule has 0 radical (unpaired) electrons. The molecule has 0 aliphatic rings. The molecule has 6 nitrogen and oxygen atoms in total. The monoisotopic (exact) mass is 373 g/mol. The Morgan fingerprint density at radius 3 is 2.88 bits per heavy atom. The molecule has 0 aliphatic carbocycles. The number of carbonyl (C=O) groups excluding carboxylic acids is 1. The van der Waals surface area contributed by atoms with Crippen molar-refractivity contribution in [3.05, 3.63) is 35.5 Å². The van der Waals surface area contributed by atoms with Gasteiger partial charge in [0, 0.05) is 29.4 Å². The number of ether oxygens (including phenoxy) is 2. The van der Waals surface area contributed by atoms with E-state index < -0.39 is 0 Å². The molecule has 1 amide bonds. The highest BCUT2D eigenvalue weighted by atomic mass is 32.1. The normalized spacial score (nSPS) is 10.9. The average Bonchev–Trinajstić information content (AvgIpc) is 3.23. The number of imidazole rings is 1. The number of rotatable bonds is 8. The summed E-state index contributed by atoms with van der Waals surface area (Å²) in [5.74, 6) is 1.51. The molecule has 0 fully saturated rings. The molecule has 26 heavy (non-hydrogen) atoms. The second-order valence-electron chi connectivity index (χ2n) is 5.95. The molecule has 0 bridgehead atoms. The van der Waals surface area contributed by atoms with Gasteiger partial charge in [0.1, 0.15) is 11.5 Å². The van der Waals surface area contributed by atoms with Crippen molar-refractivity contribution in [2.24, 2.45) is 0 Å². The van der Waals surface area contributed by atoms with E-state index in [0.29, 0.717) is 6.42 Å². The summed E-state index contributed by atoms with van der Waals surface area (Å²) >= 11 is 1.52. The molecule has 3 aromatic rings. The zero-order chi connectivity index (χ0) is 18.5. The highest BCUT2D eigenvalue weighted by molar-refractivity contribution is 7.15. The van der Waals surface area contributed by atoms with E-state index >= 15 is 0 Å². The van der Waals surface area contributed by atoms with Crippen molar-refractivity contribution < 1.29 is 14.3 Å². The molecule has 0 unspecified atom stereocenters. The SMILES string of the molecule is CCCCNC(=O)Cc1csc2nc(-c3cc(OC)ccc3OC)cn12. The van der Waals surface area contributed by atoms with Crippen LogP contribution in [0.1, 0.15) is 25.5 Å². The van der Waals surface area contributed by atoms with Gasteiger partial charge in [-0.05, 0) is 24.6 Å². The van der Waals surface area contributed by atoms with Crippen molar-refractivity contribution in [2.45, 2.75) is 26.2 Å². The minimum atomic E-state index is 0.0346. The Morgan fingerprint density at radius 1 is 1.31 bits per heavy atom. The van der Waals surface area contributed by atoms with Crippen LogP contribution in [0.4, 0.5) is 0 Å². The van der Waals surface area contributed by atoms with Crippen LogP contribution in [0.2, 0.25) is 0 Å².